The normalized spacial score (nSPS) is 20.8. The van der Waals surface area contributed by atoms with Crippen molar-refractivity contribution in [3.05, 3.63) is 47.2 Å². The number of aromatic nitrogens is 2. The summed E-state index contributed by atoms with van der Waals surface area (Å²) in [7, 11) is 1.37. The number of carbonyl (C=O) groups is 1. The van der Waals surface area contributed by atoms with E-state index < -0.39 is 54.2 Å². The van der Waals surface area contributed by atoms with Crippen molar-refractivity contribution in [3.63, 3.8) is 0 Å². The van der Waals surface area contributed by atoms with Crippen LogP contribution in [0.25, 0.3) is 0 Å². The zero-order valence-electron chi connectivity index (χ0n) is 16.8. The number of nitrogens with two attached hydrogens (primary N) is 1. The second kappa shape index (κ2) is 8.55. The predicted molar refractivity (Wildman–Crippen MR) is 102 cm³/mol. The summed E-state index contributed by atoms with van der Waals surface area (Å²) >= 11 is 0. The number of hydrogen-bond donors (Lipinski definition) is 2. The number of amidine groups is 1. The molecule has 0 radical (unpaired) electrons. The lowest BCUT2D eigenvalue weighted by Crippen LogP contribution is -2.48. The van der Waals surface area contributed by atoms with Gasteiger partial charge in [-0.2, -0.15) is 13.2 Å². The van der Waals surface area contributed by atoms with E-state index in [1.54, 1.807) is 0 Å². The van der Waals surface area contributed by atoms with Gasteiger partial charge in [-0.05, 0) is 25.1 Å². The molecule has 172 valence electrons. The summed E-state index contributed by atoms with van der Waals surface area (Å²) in [5.74, 6) is -1.57. The average Bonchev–Trinajstić information content (AvgIpc) is 2.73. The SMILES string of the molecule is COc1cnc(C(=O)Nc2ccc(F)c(C3(CF)CC(C(F)(F)F)OC(N)=N3)c2)c(C)n1. The minimum absolute atomic E-state index is 0.0277. The molecule has 2 heterocycles. The summed E-state index contributed by atoms with van der Waals surface area (Å²) in [5, 5.41) is 2.43. The van der Waals surface area contributed by atoms with Crippen LogP contribution in [0.4, 0.5) is 27.6 Å². The number of rotatable bonds is 5. The number of nitrogens with zero attached hydrogens (tertiary/aromatic N) is 3. The van der Waals surface area contributed by atoms with Gasteiger partial charge in [0.05, 0.1) is 19.0 Å². The summed E-state index contributed by atoms with van der Waals surface area (Å²) in [4.78, 5) is 24.2. The van der Waals surface area contributed by atoms with Gasteiger partial charge in [0.15, 0.2) is 6.10 Å². The fraction of sp³-hybridized carbons (Fsp3) is 0.368. The van der Waals surface area contributed by atoms with Crippen LogP contribution < -0.4 is 15.8 Å². The molecule has 2 unspecified atom stereocenters. The second-order valence-electron chi connectivity index (χ2n) is 6.96. The monoisotopic (exact) mass is 459 g/mol. The highest BCUT2D eigenvalue weighted by molar-refractivity contribution is 6.03. The largest absolute Gasteiger partial charge is 0.480 e. The summed E-state index contributed by atoms with van der Waals surface area (Å²) in [6.07, 6.45) is -7.18. The van der Waals surface area contributed by atoms with Crippen molar-refractivity contribution in [3.8, 4) is 5.88 Å². The average molecular weight is 459 g/mol. The molecule has 1 aromatic carbocycles. The van der Waals surface area contributed by atoms with Crippen LogP contribution in [-0.4, -0.2) is 48.0 Å². The highest BCUT2D eigenvalue weighted by Crippen LogP contribution is 2.42. The Morgan fingerprint density at radius 3 is 2.72 bits per heavy atom. The maximum absolute atomic E-state index is 14.6. The van der Waals surface area contributed by atoms with Crippen molar-refractivity contribution in [1.29, 1.82) is 0 Å². The Bertz CT molecular complexity index is 1060. The predicted octanol–water partition coefficient (Wildman–Crippen LogP) is 3.02. The Labute approximate surface area is 178 Å². The molecule has 8 nitrogen and oxygen atoms in total. The van der Waals surface area contributed by atoms with E-state index in [1.807, 2.05) is 0 Å². The summed E-state index contributed by atoms with van der Waals surface area (Å²) in [5.41, 5.74) is 2.67. The van der Waals surface area contributed by atoms with Crippen molar-refractivity contribution in [2.45, 2.75) is 31.2 Å². The van der Waals surface area contributed by atoms with E-state index in [9.17, 15) is 26.7 Å². The first kappa shape index (κ1) is 23.2. The lowest BCUT2D eigenvalue weighted by molar-refractivity contribution is -0.209. The number of amides is 1. The van der Waals surface area contributed by atoms with E-state index in [0.29, 0.717) is 0 Å². The number of carbonyl (C=O) groups excluding carboxylic acids is 1. The number of anilines is 1. The van der Waals surface area contributed by atoms with Gasteiger partial charge in [0.1, 0.15) is 23.7 Å². The van der Waals surface area contributed by atoms with E-state index in [4.69, 9.17) is 10.5 Å². The van der Waals surface area contributed by atoms with Gasteiger partial charge in [0.2, 0.25) is 5.88 Å². The summed E-state index contributed by atoms with van der Waals surface area (Å²) < 4.78 is 77.7. The minimum Gasteiger partial charge on any atom is -0.480 e. The third-order valence-electron chi connectivity index (χ3n) is 4.77. The maximum Gasteiger partial charge on any atom is 0.425 e. The Hall–Kier alpha value is -3.51. The molecule has 3 rings (SSSR count). The van der Waals surface area contributed by atoms with E-state index >= 15 is 0 Å². The lowest BCUT2D eigenvalue weighted by Gasteiger charge is -2.36. The second-order valence-corrected chi connectivity index (χ2v) is 6.96. The van der Waals surface area contributed by atoms with Gasteiger partial charge in [-0.1, -0.05) is 0 Å². The molecular weight excluding hydrogens is 441 g/mol. The van der Waals surface area contributed by atoms with Crippen LogP contribution in [0.3, 0.4) is 0 Å². The van der Waals surface area contributed by atoms with Gasteiger partial charge in [-0.15, -0.1) is 0 Å². The van der Waals surface area contributed by atoms with E-state index in [2.05, 4.69) is 25.0 Å². The van der Waals surface area contributed by atoms with Crippen molar-refractivity contribution in [1.82, 2.24) is 9.97 Å². The van der Waals surface area contributed by atoms with Crippen molar-refractivity contribution in [2.24, 2.45) is 10.7 Å². The smallest absolute Gasteiger partial charge is 0.425 e. The van der Waals surface area contributed by atoms with Crippen molar-refractivity contribution < 1.29 is 36.2 Å². The van der Waals surface area contributed by atoms with E-state index in [1.165, 1.54) is 20.2 Å². The number of nitrogens with one attached hydrogen (secondary N) is 1. The van der Waals surface area contributed by atoms with Gasteiger partial charge in [0.25, 0.3) is 11.9 Å². The Kier molecular flexibility index (Phi) is 6.19. The molecule has 13 heteroatoms. The molecule has 1 aliphatic rings. The first-order chi connectivity index (χ1) is 15.0. The Morgan fingerprint density at radius 2 is 2.12 bits per heavy atom. The Balaban J connectivity index is 1.96. The number of hydrogen-bond acceptors (Lipinski definition) is 7. The quantitative estimate of drug-likeness (QED) is 0.665. The number of aliphatic imine (C=N–C) groups is 1. The fourth-order valence-electron chi connectivity index (χ4n) is 3.22. The van der Waals surface area contributed by atoms with Gasteiger partial charge >= 0.3 is 6.18 Å². The molecule has 0 saturated heterocycles. The number of benzene rings is 1. The zero-order chi connectivity index (χ0) is 23.7. The fourth-order valence-corrected chi connectivity index (χ4v) is 3.22. The van der Waals surface area contributed by atoms with Crippen LogP contribution in [0.5, 0.6) is 5.88 Å². The van der Waals surface area contributed by atoms with Gasteiger partial charge < -0.3 is 20.5 Å². The van der Waals surface area contributed by atoms with Crippen molar-refractivity contribution in [2.75, 3.05) is 19.1 Å². The summed E-state index contributed by atoms with van der Waals surface area (Å²) in [6, 6.07) is 2.10. The van der Waals surface area contributed by atoms with Gasteiger partial charge in [-0.3, -0.25) is 4.79 Å². The number of methoxy groups -OCH3 is 1. The molecule has 0 fully saturated rings. The van der Waals surface area contributed by atoms with Crippen LogP contribution in [0.15, 0.2) is 29.4 Å². The van der Waals surface area contributed by atoms with Crippen molar-refractivity contribution >= 4 is 17.6 Å². The molecule has 2 aromatic rings. The number of ether oxygens (including phenoxy) is 2. The number of aryl methyl sites for hydroxylation is 1. The number of halogens is 5. The summed E-state index contributed by atoms with van der Waals surface area (Å²) in [6.45, 7) is 0.0242. The molecule has 2 atom stereocenters. The lowest BCUT2D eigenvalue weighted by atomic mass is 9.84. The minimum atomic E-state index is -4.88. The van der Waals surface area contributed by atoms with Crippen LogP contribution in [0.1, 0.15) is 28.2 Å². The highest BCUT2D eigenvalue weighted by Gasteiger charge is 2.52. The standard InChI is InChI=1S/C19H18F5N5O3/c1-9-15(26-7-14(27-9)31-2)16(30)28-10-3-4-12(21)11(5-10)18(8-20)6-13(19(22,23)24)32-17(25)29-18/h3-5,7,13H,6,8H2,1-2H3,(H2,25,29)(H,28,30). The van der Waals surface area contributed by atoms with Gasteiger partial charge in [-0.25, -0.2) is 23.7 Å². The van der Waals surface area contributed by atoms with Crippen LogP contribution in [0.2, 0.25) is 0 Å². The highest BCUT2D eigenvalue weighted by atomic mass is 19.4. The molecule has 1 aliphatic heterocycles. The molecule has 0 saturated carbocycles. The molecule has 0 bridgehead atoms. The van der Waals surface area contributed by atoms with Crippen LogP contribution >= 0.6 is 0 Å². The van der Waals surface area contributed by atoms with Gasteiger partial charge in [0, 0.05) is 17.7 Å². The zero-order valence-corrected chi connectivity index (χ0v) is 16.8. The maximum atomic E-state index is 14.6. The van der Waals surface area contributed by atoms with Crippen LogP contribution in [0, 0.1) is 12.7 Å². The third kappa shape index (κ3) is 4.55. The molecule has 1 aromatic heterocycles. The molecular formula is C19H18F5N5O3. The molecule has 0 spiro atoms. The van der Waals surface area contributed by atoms with Crippen LogP contribution in [-0.2, 0) is 10.3 Å². The molecule has 32 heavy (non-hydrogen) atoms. The topological polar surface area (TPSA) is 112 Å². The Morgan fingerprint density at radius 1 is 1.41 bits per heavy atom. The third-order valence-corrected chi connectivity index (χ3v) is 4.77. The first-order valence-electron chi connectivity index (χ1n) is 9.13. The van der Waals surface area contributed by atoms with E-state index in [0.717, 1.165) is 18.2 Å². The van der Waals surface area contributed by atoms with E-state index in [-0.39, 0.29) is 23.0 Å². The first-order valence-corrected chi connectivity index (χ1v) is 9.13. The molecule has 3 N–H and O–H groups in total. The molecule has 1 amide bonds. The molecule has 0 aliphatic carbocycles. The number of alkyl halides is 4.